The lowest BCUT2D eigenvalue weighted by molar-refractivity contribution is 0.155. The van der Waals surface area contributed by atoms with Crippen molar-refractivity contribution in [3.63, 3.8) is 0 Å². The number of hydrogen-bond donors (Lipinski definition) is 0. The molecule has 0 N–H and O–H groups in total. The van der Waals surface area contributed by atoms with Gasteiger partial charge in [-0.05, 0) is 135 Å². The molecule has 0 atom stereocenters. The molecule has 2 aromatic carbocycles. The maximum Gasteiger partial charge on any atom is 0.126 e. The summed E-state index contributed by atoms with van der Waals surface area (Å²) in [5.74, 6) is 4.04. The van der Waals surface area contributed by atoms with Crippen LogP contribution in [0.5, 0.6) is 0 Å². The van der Waals surface area contributed by atoms with Crippen molar-refractivity contribution in [2.24, 2.45) is 17.8 Å². The molecule has 0 amide bonds. The maximum atomic E-state index is 15.3. The van der Waals surface area contributed by atoms with Crippen molar-refractivity contribution in [3.8, 4) is 0 Å². The molecular formula is C35H48F2. The SMILES string of the molecule is CCCCCC1CCC(C2CCC(c3ccc(C4CCC(c5ccc(F)cc5)CC4)c(F)c3)CC2)CC1. The smallest absolute Gasteiger partial charge is 0.126 e. The Morgan fingerprint density at radius 1 is 0.595 bits per heavy atom. The van der Waals surface area contributed by atoms with Gasteiger partial charge in [-0.25, -0.2) is 8.78 Å². The predicted molar refractivity (Wildman–Crippen MR) is 151 cm³/mol. The number of halogens is 2. The molecule has 0 spiro atoms. The van der Waals surface area contributed by atoms with Gasteiger partial charge in [0.25, 0.3) is 0 Å². The summed E-state index contributed by atoms with van der Waals surface area (Å²) in [5.41, 5.74) is 3.39. The summed E-state index contributed by atoms with van der Waals surface area (Å²) in [6, 6.07) is 13.2. The standard InChI is InChI=1S/C35H48F2/c1-2-3-4-5-25-6-8-26(9-7-25)27-10-12-30(13-11-27)32-20-23-34(35(37)24-32)31-16-14-28(15-17-31)29-18-21-33(36)22-19-29/h18-28,30-31H,2-17H2,1H3. The van der Waals surface area contributed by atoms with Gasteiger partial charge in [-0.15, -0.1) is 0 Å². The van der Waals surface area contributed by atoms with E-state index >= 15 is 4.39 Å². The molecule has 3 aliphatic carbocycles. The fourth-order valence-corrected chi connectivity index (χ4v) is 8.16. The Morgan fingerprint density at radius 2 is 1.14 bits per heavy atom. The molecule has 37 heavy (non-hydrogen) atoms. The van der Waals surface area contributed by atoms with Crippen LogP contribution in [0.4, 0.5) is 8.78 Å². The second-order valence-corrected chi connectivity index (χ2v) is 12.8. The zero-order valence-electron chi connectivity index (χ0n) is 23.1. The van der Waals surface area contributed by atoms with E-state index in [1.807, 2.05) is 18.2 Å². The molecule has 0 aliphatic heterocycles. The van der Waals surface area contributed by atoms with Gasteiger partial charge in [0.1, 0.15) is 11.6 Å². The Balaban J connectivity index is 1.09. The molecule has 0 aromatic heterocycles. The van der Waals surface area contributed by atoms with E-state index in [2.05, 4.69) is 19.1 Å². The van der Waals surface area contributed by atoms with Crippen LogP contribution in [-0.4, -0.2) is 0 Å². The summed E-state index contributed by atoms with van der Waals surface area (Å²) in [5, 5.41) is 0. The van der Waals surface area contributed by atoms with Crippen LogP contribution in [0, 0.1) is 29.4 Å². The minimum Gasteiger partial charge on any atom is -0.207 e. The predicted octanol–water partition coefficient (Wildman–Crippen LogP) is 11.1. The lowest BCUT2D eigenvalue weighted by Crippen LogP contribution is -2.25. The Morgan fingerprint density at radius 3 is 1.76 bits per heavy atom. The van der Waals surface area contributed by atoms with Gasteiger partial charge in [0.05, 0.1) is 0 Å². The van der Waals surface area contributed by atoms with Crippen LogP contribution in [0.3, 0.4) is 0 Å². The molecule has 0 bridgehead atoms. The Labute approximate surface area is 224 Å². The number of unbranched alkanes of at least 4 members (excludes halogenated alkanes) is 2. The summed E-state index contributed by atoms with van der Waals surface area (Å²) in [7, 11) is 0. The Kier molecular flexibility index (Phi) is 9.37. The topological polar surface area (TPSA) is 0 Å². The van der Waals surface area contributed by atoms with Gasteiger partial charge in [-0.2, -0.15) is 0 Å². The first-order chi connectivity index (χ1) is 18.1. The Hall–Kier alpha value is -1.70. The van der Waals surface area contributed by atoms with E-state index in [-0.39, 0.29) is 11.6 Å². The van der Waals surface area contributed by atoms with E-state index in [4.69, 9.17) is 0 Å². The van der Waals surface area contributed by atoms with Crippen molar-refractivity contribution in [3.05, 3.63) is 70.8 Å². The lowest BCUT2D eigenvalue weighted by atomic mass is 9.68. The monoisotopic (exact) mass is 506 g/mol. The third-order valence-electron chi connectivity index (χ3n) is 10.6. The van der Waals surface area contributed by atoms with E-state index in [0.717, 1.165) is 49.0 Å². The van der Waals surface area contributed by atoms with Crippen molar-refractivity contribution in [1.29, 1.82) is 0 Å². The second-order valence-electron chi connectivity index (χ2n) is 12.8. The van der Waals surface area contributed by atoms with Gasteiger partial charge >= 0.3 is 0 Å². The second kappa shape index (κ2) is 12.9. The molecule has 0 radical (unpaired) electrons. The highest BCUT2D eigenvalue weighted by Crippen LogP contribution is 2.46. The van der Waals surface area contributed by atoms with E-state index in [9.17, 15) is 4.39 Å². The molecule has 2 aromatic rings. The van der Waals surface area contributed by atoms with Crippen molar-refractivity contribution >= 4 is 0 Å². The van der Waals surface area contributed by atoms with E-state index in [0.29, 0.717) is 17.8 Å². The van der Waals surface area contributed by atoms with Gasteiger partial charge < -0.3 is 0 Å². The van der Waals surface area contributed by atoms with Crippen molar-refractivity contribution < 1.29 is 8.78 Å². The van der Waals surface area contributed by atoms with Crippen molar-refractivity contribution in [1.82, 2.24) is 0 Å². The summed E-state index contributed by atoms with van der Waals surface area (Å²) >= 11 is 0. The fraction of sp³-hybridized carbons (Fsp3) is 0.657. The van der Waals surface area contributed by atoms with Crippen LogP contribution in [0.2, 0.25) is 0 Å². The van der Waals surface area contributed by atoms with Crippen LogP contribution >= 0.6 is 0 Å². The first kappa shape index (κ1) is 26.9. The molecule has 202 valence electrons. The summed E-state index contributed by atoms with van der Waals surface area (Å²) < 4.78 is 28.6. The van der Waals surface area contributed by atoms with E-state index < -0.39 is 0 Å². The molecule has 0 heterocycles. The summed E-state index contributed by atoms with van der Waals surface area (Å²) in [6.45, 7) is 2.30. The molecule has 5 rings (SSSR count). The average molecular weight is 507 g/mol. The van der Waals surface area contributed by atoms with E-state index in [1.54, 1.807) is 12.1 Å². The molecule has 3 saturated carbocycles. The molecule has 0 saturated heterocycles. The number of rotatable bonds is 8. The largest absolute Gasteiger partial charge is 0.207 e. The highest BCUT2D eigenvalue weighted by atomic mass is 19.1. The Bertz CT molecular complexity index is 955. The maximum absolute atomic E-state index is 15.3. The minimum atomic E-state index is -0.173. The number of hydrogen-bond acceptors (Lipinski definition) is 0. The summed E-state index contributed by atoms with van der Waals surface area (Å²) in [6.07, 6.45) is 20.8. The normalized spacial score (nSPS) is 30.8. The summed E-state index contributed by atoms with van der Waals surface area (Å²) in [4.78, 5) is 0. The van der Waals surface area contributed by atoms with Crippen molar-refractivity contribution in [2.75, 3.05) is 0 Å². The van der Waals surface area contributed by atoms with Gasteiger partial charge in [0.15, 0.2) is 0 Å². The van der Waals surface area contributed by atoms with Gasteiger partial charge in [-0.1, -0.05) is 69.7 Å². The zero-order valence-corrected chi connectivity index (χ0v) is 23.1. The van der Waals surface area contributed by atoms with Crippen LogP contribution in [-0.2, 0) is 0 Å². The highest BCUT2D eigenvalue weighted by molar-refractivity contribution is 5.31. The third-order valence-corrected chi connectivity index (χ3v) is 10.6. The lowest BCUT2D eigenvalue weighted by Gasteiger charge is -2.38. The number of benzene rings is 2. The fourth-order valence-electron chi connectivity index (χ4n) is 8.16. The quantitative estimate of drug-likeness (QED) is 0.312. The van der Waals surface area contributed by atoms with E-state index in [1.165, 1.54) is 88.2 Å². The van der Waals surface area contributed by atoms with Crippen LogP contribution in [0.25, 0.3) is 0 Å². The average Bonchev–Trinajstić information content (AvgIpc) is 2.94. The first-order valence-electron chi connectivity index (χ1n) is 15.7. The zero-order chi connectivity index (χ0) is 25.6. The molecule has 0 unspecified atom stereocenters. The minimum absolute atomic E-state index is 0.0197. The first-order valence-corrected chi connectivity index (χ1v) is 15.7. The molecular weight excluding hydrogens is 458 g/mol. The van der Waals surface area contributed by atoms with Gasteiger partial charge in [0, 0.05) is 0 Å². The van der Waals surface area contributed by atoms with Crippen LogP contribution < -0.4 is 0 Å². The van der Waals surface area contributed by atoms with Crippen LogP contribution in [0.15, 0.2) is 42.5 Å². The van der Waals surface area contributed by atoms with Crippen molar-refractivity contribution in [2.45, 2.75) is 127 Å². The van der Waals surface area contributed by atoms with Gasteiger partial charge in [-0.3, -0.25) is 0 Å². The molecule has 0 nitrogen and oxygen atoms in total. The van der Waals surface area contributed by atoms with Gasteiger partial charge in [0.2, 0.25) is 0 Å². The molecule has 2 heteroatoms. The highest BCUT2D eigenvalue weighted by Gasteiger charge is 2.32. The molecule has 3 aliphatic rings. The molecule has 3 fully saturated rings. The van der Waals surface area contributed by atoms with Crippen LogP contribution in [0.1, 0.15) is 144 Å². The third kappa shape index (κ3) is 6.85.